The Hall–Kier alpha value is -2.95. The third kappa shape index (κ3) is 3.76. The molecule has 0 atom stereocenters. The van der Waals surface area contributed by atoms with Gasteiger partial charge in [-0.15, -0.1) is 0 Å². The summed E-state index contributed by atoms with van der Waals surface area (Å²) in [6.45, 7) is 4.78. The van der Waals surface area contributed by atoms with Gasteiger partial charge in [-0.05, 0) is 61.2 Å². The third-order valence-corrected chi connectivity index (χ3v) is 4.41. The molecule has 3 aromatic rings. The lowest BCUT2D eigenvalue weighted by atomic mass is 10.1. The minimum Gasteiger partial charge on any atom is -0.496 e. The fourth-order valence-corrected chi connectivity index (χ4v) is 2.89. The van der Waals surface area contributed by atoms with Crippen molar-refractivity contribution in [3.8, 4) is 5.75 Å². The van der Waals surface area contributed by atoms with Crippen LogP contribution in [0.15, 0.2) is 47.6 Å². The van der Waals surface area contributed by atoms with Gasteiger partial charge in [0.2, 0.25) is 0 Å². The second-order valence-electron chi connectivity index (χ2n) is 6.14. The van der Waals surface area contributed by atoms with Gasteiger partial charge in [0.25, 0.3) is 0 Å². The number of rotatable bonds is 5. The van der Waals surface area contributed by atoms with Crippen LogP contribution in [0.5, 0.6) is 5.75 Å². The molecule has 5 heteroatoms. The number of nitrogens with zero attached hydrogens (tertiary/aromatic N) is 1. The standard InChI is InChI=1S/C20H24N4O/c1-13-7-8-16(11-14(13)2)24-20(21)22-10-9-15-12-23-17-5-4-6-18(25-3)19(15)17/h4-8,11-12,23H,9-10H2,1-3H3,(H3,21,22,24). The van der Waals surface area contributed by atoms with Crippen LogP contribution in [-0.4, -0.2) is 24.6 Å². The van der Waals surface area contributed by atoms with Crippen LogP contribution in [0.2, 0.25) is 0 Å². The maximum absolute atomic E-state index is 6.01. The van der Waals surface area contributed by atoms with E-state index in [9.17, 15) is 0 Å². The molecule has 4 N–H and O–H groups in total. The number of nitrogens with one attached hydrogen (secondary N) is 2. The Morgan fingerprint density at radius 2 is 2.04 bits per heavy atom. The number of aromatic amines is 1. The molecule has 3 rings (SSSR count). The van der Waals surface area contributed by atoms with Gasteiger partial charge in [-0.2, -0.15) is 0 Å². The van der Waals surface area contributed by atoms with Gasteiger partial charge in [0, 0.05) is 29.3 Å². The van der Waals surface area contributed by atoms with Crippen molar-refractivity contribution in [2.75, 3.05) is 19.0 Å². The Morgan fingerprint density at radius 1 is 1.20 bits per heavy atom. The number of aliphatic imine (C=N–C) groups is 1. The molecule has 0 unspecified atom stereocenters. The van der Waals surface area contributed by atoms with Crippen molar-refractivity contribution < 1.29 is 4.74 Å². The van der Waals surface area contributed by atoms with E-state index < -0.39 is 0 Å². The first-order valence-corrected chi connectivity index (χ1v) is 8.35. The highest BCUT2D eigenvalue weighted by Crippen LogP contribution is 2.28. The molecular weight excluding hydrogens is 312 g/mol. The van der Waals surface area contributed by atoms with Gasteiger partial charge < -0.3 is 20.8 Å². The summed E-state index contributed by atoms with van der Waals surface area (Å²) in [5.74, 6) is 1.30. The first kappa shape index (κ1) is 16.9. The van der Waals surface area contributed by atoms with Gasteiger partial charge in [-0.3, -0.25) is 4.99 Å². The van der Waals surface area contributed by atoms with E-state index in [1.54, 1.807) is 7.11 Å². The van der Waals surface area contributed by atoms with Crippen LogP contribution in [0.1, 0.15) is 16.7 Å². The molecule has 1 aromatic heterocycles. The van der Waals surface area contributed by atoms with Crippen molar-refractivity contribution >= 4 is 22.5 Å². The van der Waals surface area contributed by atoms with Crippen LogP contribution < -0.4 is 15.8 Å². The second kappa shape index (κ2) is 7.30. The largest absolute Gasteiger partial charge is 0.496 e. The number of aromatic nitrogens is 1. The first-order chi connectivity index (χ1) is 12.1. The number of ether oxygens (including phenoxy) is 1. The molecule has 0 bridgehead atoms. The molecule has 5 nitrogen and oxygen atoms in total. The molecule has 1 heterocycles. The van der Waals surface area contributed by atoms with E-state index in [1.807, 2.05) is 30.5 Å². The molecule has 0 amide bonds. The molecule has 0 spiro atoms. The lowest BCUT2D eigenvalue weighted by molar-refractivity contribution is 0.419. The predicted molar refractivity (Wildman–Crippen MR) is 105 cm³/mol. The van der Waals surface area contributed by atoms with Crippen LogP contribution in [-0.2, 0) is 6.42 Å². The van der Waals surface area contributed by atoms with Gasteiger partial charge in [0.1, 0.15) is 5.75 Å². The minimum absolute atomic E-state index is 0.426. The highest BCUT2D eigenvalue weighted by Gasteiger charge is 2.08. The predicted octanol–water partition coefficient (Wildman–Crippen LogP) is 3.76. The molecule has 0 saturated carbocycles. The van der Waals surface area contributed by atoms with Gasteiger partial charge in [0.05, 0.1) is 7.11 Å². The Morgan fingerprint density at radius 3 is 2.80 bits per heavy atom. The number of nitrogens with two attached hydrogens (primary N) is 1. The summed E-state index contributed by atoms with van der Waals surface area (Å²) in [7, 11) is 1.69. The zero-order valence-electron chi connectivity index (χ0n) is 14.9. The van der Waals surface area contributed by atoms with Crippen molar-refractivity contribution in [1.82, 2.24) is 4.98 Å². The average molecular weight is 336 g/mol. The number of hydrogen-bond acceptors (Lipinski definition) is 2. The van der Waals surface area contributed by atoms with Crippen molar-refractivity contribution in [3.63, 3.8) is 0 Å². The number of guanidine groups is 1. The molecule has 0 aliphatic rings. The van der Waals surface area contributed by atoms with Crippen LogP contribution in [0.3, 0.4) is 0 Å². The van der Waals surface area contributed by atoms with Crippen molar-refractivity contribution in [2.45, 2.75) is 20.3 Å². The fraction of sp³-hybridized carbons (Fsp3) is 0.250. The molecule has 0 saturated heterocycles. The van der Waals surface area contributed by atoms with E-state index >= 15 is 0 Å². The third-order valence-electron chi connectivity index (χ3n) is 4.41. The molecule has 0 aliphatic carbocycles. The molecule has 0 radical (unpaired) electrons. The molecular formula is C20H24N4O. The first-order valence-electron chi connectivity index (χ1n) is 8.35. The summed E-state index contributed by atoms with van der Waals surface area (Å²) in [6, 6.07) is 12.1. The highest BCUT2D eigenvalue weighted by molar-refractivity contribution is 5.92. The van der Waals surface area contributed by atoms with Crippen LogP contribution in [0.4, 0.5) is 5.69 Å². The summed E-state index contributed by atoms with van der Waals surface area (Å²) in [5, 5.41) is 4.26. The maximum atomic E-state index is 6.01. The smallest absolute Gasteiger partial charge is 0.193 e. The zero-order valence-corrected chi connectivity index (χ0v) is 14.9. The number of benzene rings is 2. The maximum Gasteiger partial charge on any atom is 0.193 e. The van der Waals surface area contributed by atoms with Crippen LogP contribution >= 0.6 is 0 Å². The lowest BCUT2D eigenvalue weighted by Crippen LogP contribution is -2.23. The second-order valence-corrected chi connectivity index (χ2v) is 6.14. The number of aryl methyl sites for hydroxylation is 2. The van der Waals surface area contributed by atoms with E-state index in [0.29, 0.717) is 12.5 Å². The lowest BCUT2D eigenvalue weighted by Gasteiger charge is -2.08. The van der Waals surface area contributed by atoms with Crippen molar-refractivity contribution in [3.05, 3.63) is 59.3 Å². The topological polar surface area (TPSA) is 75.4 Å². The van der Waals surface area contributed by atoms with Crippen molar-refractivity contribution in [2.24, 2.45) is 10.7 Å². The average Bonchev–Trinajstić information content (AvgIpc) is 3.01. The zero-order chi connectivity index (χ0) is 17.8. The van der Waals surface area contributed by atoms with E-state index in [-0.39, 0.29) is 0 Å². The SMILES string of the molecule is COc1cccc2[nH]cc(CCN=C(N)Nc3ccc(C)c(C)c3)c12. The Kier molecular flexibility index (Phi) is 4.93. The number of hydrogen-bond donors (Lipinski definition) is 3. The van der Waals surface area contributed by atoms with Gasteiger partial charge in [-0.1, -0.05) is 12.1 Å². The van der Waals surface area contributed by atoms with E-state index in [0.717, 1.165) is 28.8 Å². The summed E-state index contributed by atoms with van der Waals surface area (Å²) < 4.78 is 5.46. The molecule has 0 fully saturated rings. The van der Waals surface area contributed by atoms with Gasteiger partial charge >= 0.3 is 0 Å². The van der Waals surface area contributed by atoms with Crippen LogP contribution in [0, 0.1) is 13.8 Å². The summed E-state index contributed by atoms with van der Waals surface area (Å²) in [6.07, 6.45) is 2.80. The number of fused-ring (bicyclic) bond motifs is 1. The Labute approximate surface area is 147 Å². The molecule has 2 aromatic carbocycles. The number of methoxy groups -OCH3 is 1. The molecule has 25 heavy (non-hydrogen) atoms. The van der Waals surface area contributed by atoms with E-state index in [2.05, 4.69) is 41.3 Å². The quantitative estimate of drug-likeness (QED) is 0.490. The van der Waals surface area contributed by atoms with E-state index in [1.165, 1.54) is 16.7 Å². The monoisotopic (exact) mass is 336 g/mol. The fourth-order valence-electron chi connectivity index (χ4n) is 2.89. The van der Waals surface area contributed by atoms with E-state index in [4.69, 9.17) is 10.5 Å². The normalized spacial score (nSPS) is 11.7. The van der Waals surface area contributed by atoms with Crippen LogP contribution in [0.25, 0.3) is 10.9 Å². The molecule has 130 valence electrons. The molecule has 0 aliphatic heterocycles. The van der Waals surface area contributed by atoms with Crippen molar-refractivity contribution in [1.29, 1.82) is 0 Å². The summed E-state index contributed by atoms with van der Waals surface area (Å²) in [5.41, 5.74) is 11.7. The minimum atomic E-state index is 0.426. The number of anilines is 1. The Balaban J connectivity index is 1.67. The summed E-state index contributed by atoms with van der Waals surface area (Å²) in [4.78, 5) is 7.71. The number of H-pyrrole nitrogens is 1. The Bertz CT molecular complexity index is 911. The van der Waals surface area contributed by atoms with Gasteiger partial charge in [-0.25, -0.2) is 0 Å². The highest BCUT2D eigenvalue weighted by atomic mass is 16.5. The van der Waals surface area contributed by atoms with Gasteiger partial charge in [0.15, 0.2) is 5.96 Å². The summed E-state index contributed by atoms with van der Waals surface area (Å²) >= 11 is 0.